The normalized spacial score (nSPS) is 15.7. The maximum Gasteiger partial charge on any atom is 0.547 e. The number of carbonyl (C=O) groups excluding carboxylic acids is 1. The van der Waals surface area contributed by atoms with E-state index in [1.165, 1.54) is 6.07 Å². The van der Waals surface area contributed by atoms with Crippen molar-refractivity contribution in [1.82, 2.24) is 5.32 Å². The van der Waals surface area contributed by atoms with E-state index >= 15 is 0 Å². The molecular formula is C18H20BN3O5. The molecule has 140 valence electrons. The van der Waals surface area contributed by atoms with Gasteiger partial charge in [0, 0.05) is 18.7 Å². The first-order valence-corrected chi connectivity index (χ1v) is 8.47. The minimum absolute atomic E-state index is 0.0266. The summed E-state index contributed by atoms with van der Waals surface area (Å²) in [6.45, 7) is 0.584. The zero-order chi connectivity index (χ0) is 19.6. The molecule has 0 aliphatic carbocycles. The molecule has 0 spiro atoms. The standard InChI is InChI=1S/C18H20BN3O5/c20-8-12-5-4-11(6-13(12)9-21)17(23)22-15-7-10-2-1-3-14(18(24)25)16(10)27-19(15)26/h1-6,15,26H,7-9,20-21H2,(H,22,23)(H,24,25). The van der Waals surface area contributed by atoms with Gasteiger partial charge in [-0.05, 0) is 41.3 Å². The van der Waals surface area contributed by atoms with Gasteiger partial charge in [-0.15, -0.1) is 0 Å². The lowest BCUT2D eigenvalue weighted by molar-refractivity contribution is 0.0693. The highest BCUT2D eigenvalue weighted by Gasteiger charge is 2.37. The van der Waals surface area contributed by atoms with E-state index in [1.54, 1.807) is 30.3 Å². The Hall–Kier alpha value is -2.88. The summed E-state index contributed by atoms with van der Waals surface area (Å²) in [4.78, 5) is 23.9. The molecule has 8 nitrogen and oxygen atoms in total. The molecule has 9 heteroatoms. The topological polar surface area (TPSA) is 148 Å². The average molecular weight is 369 g/mol. The number of hydrogen-bond donors (Lipinski definition) is 5. The van der Waals surface area contributed by atoms with Crippen molar-refractivity contribution in [3.05, 3.63) is 64.2 Å². The number of benzene rings is 2. The van der Waals surface area contributed by atoms with Crippen LogP contribution in [0.25, 0.3) is 0 Å². The van der Waals surface area contributed by atoms with Gasteiger partial charge >= 0.3 is 13.1 Å². The summed E-state index contributed by atoms with van der Waals surface area (Å²) in [5, 5.41) is 22.2. The zero-order valence-electron chi connectivity index (χ0n) is 14.5. The Bertz CT molecular complexity index is 889. The monoisotopic (exact) mass is 369 g/mol. The van der Waals surface area contributed by atoms with E-state index < -0.39 is 24.9 Å². The summed E-state index contributed by atoms with van der Waals surface area (Å²) in [5.74, 6) is -2.13. The number of carboxylic acid groups (broad SMARTS) is 1. The fraction of sp³-hybridized carbons (Fsp3) is 0.222. The van der Waals surface area contributed by atoms with Gasteiger partial charge in [-0.2, -0.15) is 0 Å². The Morgan fingerprint density at radius 1 is 1.19 bits per heavy atom. The molecular weight excluding hydrogens is 349 g/mol. The van der Waals surface area contributed by atoms with Gasteiger partial charge in [0.05, 0.1) is 11.5 Å². The van der Waals surface area contributed by atoms with Gasteiger partial charge in [-0.25, -0.2) is 4.79 Å². The maximum atomic E-state index is 12.6. The van der Waals surface area contributed by atoms with E-state index in [4.69, 9.17) is 16.1 Å². The molecule has 0 saturated heterocycles. The SMILES string of the molecule is NCc1ccc(C(=O)NC2Cc3cccc(C(=O)O)c3OB2O)cc1CN. The van der Waals surface area contributed by atoms with Crippen LogP contribution in [0.2, 0.25) is 0 Å². The lowest BCUT2D eigenvalue weighted by atomic mass is 9.72. The molecule has 1 aliphatic heterocycles. The van der Waals surface area contributed by atoms with Crippen LogP contribution in [0.1, 0.15) is 37.4 Å². The summed E-state index contributed by atoms with van der Waals surface area (Å²) in [7, 11) is -1.36. The Kier molecular flexibility index (Phi) is 5.45. The van der Waals surface area contributed by atoms with Crippen LogP contribution in [-0.4, -0.2) is 35.1 Å². The summed E-state index contributed by atoms with van der Waals surface area (Å²) >= 11 is 0. The summed E-state index contributed by atoms with van der Waals surface area (Å²) in [6.07, 6.45) is 0.244. The zero-order valence-corrected chi connectivity index (χ0v) is 14.5. The van der Waals surface area contributed by atoms with E-state index in [0.29, 0.717) is 17.7 Å². The van der Waals surface area contributed by atoms with Gasteiger partial charge in [0.25, 0.3) is 5.91 Å². The van der Waals surface area contributed by atoms with Crippen molar-refractivity contribution in [2.24, 2.45) is 11.5 Å². The van der Waals surface area contributed by atoms with Crippen molar-refractivity contribution < 1.29 is 24.4 Å². The van der Waals surface area contributed by atoms with E-state index in [2.05, 4.69) is 5.32 Å². The van der Waals surface area contributed by atoms with Crippen molar-refractivity contribution in [2.45, 2.75) is 25.5 Å². The molecule has 0 radical (unpaired) electrons. The first kappa shape index (κ1) is 18.9. The molecule has 0 fully saturated rings. The van der Waals surface area contributed by atoms with Crippen LogP contribution in [0.3, 0.4) is 0 Å². The molecule has 0 saturated carbocycles. The van der Waals surface area contributed by atoms with E-state index in [9.17, 15) is 19.7 Å². The lowest BCUT2D eigenvalue weighted by Gasteiger charge is -2.29. The number of carbonyl (C=O) groups is 2. The molecule has 7 N–H and O–H groups in total. The van der Waals surface area contributed by atoms with E-state index in [0.717, 1.165) is 11.1 Å². The van der Waals surface area contributed by atoms with Gasteiger partial charge in [0.15, 0.2) is 0 Å². The van der Waals surface area contributed by atoms with Crippen LogP contribution in [0.5, 0.6) is 5.75 Å². The summed E-state index contributed by atoms with van der Waals surface area (Å²) < 4.78 is 5.38. The Morgan fingerprint density at radius 2 is 1.93 bits per heavy atom. The molecule has 1 unspecified atom stereocenters. The second kappa shape index (κ2) is 7.79. The van der Waals surface area contributed by atoms with Gasteiger partial charge in [-0.3, -0.25) is 4.79 Å². The molecule has 27 heavy (non-hydrogen) atoms. The van der Waals surface area contributed by atoms with E-state index in [1.807, 2.05) is 0 Å². The highest BCUT2D eigenvalue weighted by Crippen LogP contribution is 2.30. The lowest BCUT2D eigenvalue weighted by Crippen LogP contribution is -2.53. The van der Waals surface area contributed by atoms with Gasteiger partial charge < -0.3 is 31.6 Å². The van der Waals surface area contributed by atoms with Crippen LogP contribution in [0, 0.1) is 0 Å². The van der Waals surface area contributed by atoms with Crippen LogP contribution >= 0.6 is 0 Å². The third kappa shape index (κ3) is 3.80. The third-order valence-electron chi connectivity index (χ3n) is 4.57. The second-order valence-electron chi connectivity index (χ2n) is 6.28. The van der Waals surface area contributed by atoms with Crippen molar-refractivity contribution in [3.8, 4) is 5.75 Å². The number of rotatable bonds is 5. The Balaban J connectivity index is 1.79. The molecule has 2 aromatic carbocycles. The largest absolute Gasteiger partial charge is 0.547 e. The minimum Gasteiger partial charge on any atom is -0.534 e. The molecule has 1 amide bonds. The van der Waals surface area contributed by atoms with E-state index in [-0.39, 0.29) is 24.3 Å². The fourth-order valence-electron chi connectivity index (χ4n) is 3.12. The fourth-order valence-corrected chi connectivity index (χ4v) is 3.12. The quantitative estimate of drug-likeness (QED) is 0.468. The number of nitrogens with two attached hydrogens (primary N) is 2. The van der Waals surface area contributed by atoms with Crippen molar-refractivity contribution in [2.75, 3.05) is 0 Å². The molecule has 2 aromatic rings. The van der Waals surface area contributed by atoms with Crippen molar-refractivity contribution in [3.63, 3.8) is 0 Å². The molecule has 1 heterocycles. The molecule has 1 aliphatic rings. The molecule has 3 rings (SSSR count). The summed E-state index contributed by atoms with van der Waals surface area (Å²) in [5.41, 5.74) is 14.0. The number of nitrogens with one attached hydrogen (secondary N) is 1. The Labute approximate surface area is 156 Å². The van der Waals surface area contributed by atoms with Crippen LogP contribution in [0.4, 0.5) is 0 Å². The molecule has 1 atom stereocenters. The smallest absolute Gasteiger partial charge is 0.534 e. The number of amides is 1. The number of hydrogen-bond acceptors (Lipinski definition) is 6. The third-order valence-corrected chi connectivity index (χ3v) is 4.57. The summed E-state index contributed by atoms with van der Waals surface area (Å²) in [6, 6.07) is 9.77. The predicted octanol–water partition coefficient (Wildman–Crippen LogP) is 0.0554. The molecule has 0 aromatic heterocycles. The van der Waals surface area contributed by atoms with Crippen LogP contribution < -0.4 is 21.4 Å². The first-order valence-electron chi connectivity index (χ1n) is 8.47. The minimum atomic E-state index is -1.36. The van der Waals surface area contributed by atoms with Crippen LogP contribution in [-0.2, 0) is 19.5 Å². The second-order valence-corrected chi connectivity index (χ2v) is 6.28. The van der Waals surface area contributed by atoms with Crippen molar-refractivity contribution in [1.29, 1.82) is 0 Å². The first-order chi connectivity index (χ1) is 12.9. The van der Waals surface area contributed by atoms with Crippen molar-refractivity contribution >= 4 is 19.0 Å². The molecule has 0 bridgehead atoms. The Morgan fingerprint density at radius 3 is 2.59 bits per heavy atom. The van der Waals surface area contributed by atoms with Gasteiger partial charge in [-0.1, -0.05) is 18.2 Å². The highest BCUT2D eigenvalue weighted by molar-refractivity contribution is 6.47. The maximum absolute atomic E-state index is 12.6. The predicted molar refractivity (Wildman–Crippen MR) is 99.2 cm³/mol. The van der Waals surface area contributed by atoms with Crippen LogP contribution in [0.15, 0.2) is 36.4 Å². The highest BCUT2D eigenvalue weighted by atomic mass is 16.5. The van der Waals surface area contributed by atoms with Gasteiger partial charge in [0.1, 0.15) is 5.75 Å². The number of carboxylic acids is 1. The van der Waals surface area contributed by atoms with Gasteiger partial charge in [0.2, 0.25) is 0 Å². The number of para-hydroxylation sites is 1. The number of aromatic carboxylic acids is 1. The number of fused-ring (bicyclic) bond motifs is 1. The average Bonchev–Trinajstić information content (AvgIpc) is 2.67.